The molecule has 2 nitrogen and oxygen atoms in total. The Kier molecular flexibility index (Phi) is 4.74. The fraction of sp³-hybridized carbons (Fsp3) is 1.00. The molecule has 0 radical (unpaired) electrons. The van der Waals surface area contributed by atoms with Crippen LogP contribution in [0.3, 0.4) is 0 Å². The second-order valence-electron chi connectivity index (χ2n) is 4.54. The Hall–Kier alpha value is -0.0800. The normalized spacial score (nSPS) is 21.5. The van der Waals surface area contributed by atoms with Gasteiger partial charge in [0.25, 0.3) is 0 Å². The van der Waals surface area contributed by atoms with Crippen LogP contribution in [-0.4, -0.2) is 38.1 Å². The Morgan fingerprint density at radius 2 is 2.15 bits per heavy atom. The van der Waals surface area contributed by atoms with E-state index in [0.29, 0.717) is 0 Å². The zero-order chi connectivity index (χ0) is 9.68. The highest BCUT2D eigenvalue weighted by Gasteiger charge is 2.26. The SMILES string of the molecule is CCCC1CN(CC(C)CNC)C1. The van der Waals surface area contributed by atoms with E-state index in [2.05, 4.69) is 24.1 Å². The maximum Gasteiger partial charge on any atom is 0.00221 e. The monoisotopic (exact) mass is 184 g/mol. The first-order valence-electron chi connectivity index (χ1n) is 5.63. The summed E-state index contributed by atoms with van der Waals surface area (Å²) >= 11 is 0. The molecule has 0 aromatic heterocycles. The molecule has 1 unspecified atom stereocenters. The average molecular weight is 184 g/mol. The summed E-state index contributed by atoms with van der Waals surface area (Å²) in [4.78, 5) is 2.59. The van der Waals surface area contributed by atoms with Gasteiger partial charge in [-0.25, -0.2) is 0 Å². The highest BCUT2D eigenvalue weighted by atomic mass is 15.2. The molecule has 0 saturated carbocycles. The minimum atomic E-state index is 0.799. The van der Waals surface area contributed by atoms with Gasteiger partial charge in [-0.15, -0.1) is 0 Å². The molecule has 1 fully saturated rings. The Morgan fingerprint density at radius 1 is 1.46 bits per heavy atom. The lowest BCUT2D eigenvalue weighted by atomic mass is 9.94. The number of rotatable bonds is 6. The Morgan fingerprint density at radius 3 is 2.69 bits per heavy atom. The number of hydrogen-bond donors (Lipinski definition) is 1. The van der Waals surface area contributed by atoms with Crippen molar-refractivity contribution < 1.29 is 0 Å². The minimum absolute atomic E-state index is 0.799. The van der Waals surface area contributed by atoms with Gasteiger partial charge in [0.2, 0.25) is 0 Å². The van der Waals surface area contributed by atoms with E-state index in [0.717, 1.165) is 18.4 Å². The molecule has 0 spiro atoms. The van der Waals surface area contributed by atoms with Gasteiger partial charge in [-0.05, 0) is 31.8 Å². The summed E-state index contributed by atoms with van der Waals surface area (Å²) in [6.07, 6.45) is 2.78. The van der Waals surface area contributed by atoms with Crippen molar-refractivity contribution in [2.24, 2.45) is 11.8 Å². The van der Waals surface area contributed by atoms with E-state index in [9.17, 15) is 0 Å². The van der Waals surface area contributed by atoms with Crippen molar-refractivity contribution in [3.8, 4) is 0 Å². The van der Waals surface area contributed by atoms with Gasteiger partial charge < -0.3 is 10.2 Å². The summed E-state index contributed by atoms with van der Waals surface area (Å²) in [6.45, 7) is 9.73. The summed E-state index contributed by atoms with van der Waals surface area (Å²) in [5.74, 6) is 1.80. The van der Waals surface area contributed by atoms with Crippen LogP contribution >= 0.6 is 0 Å². The lowest BCUT2D eigenvalue weighted by molar-refractivity contribution is 0.0786. The van der Waals surface area contributed by atoms with Crippen LogP contribution in [0.1, 0.15) is 26.7 Å². The molecule has 2 heteroatoms. The van der Waals surface area contributed by atoms with E-state index in [1.165, 1.54) is 32.5 Å². The molecule has 1 rings (SSSR count). The van der Waals surface area contributed by atoms with Gasteiger partial charge in [0.15, 0.2) is 0 Å². The second-order valence-corrected chi connectivity index (χ2v) is 4.54. The molecule has 0 aromatic rings. The largest absolute Gasteiger partial charge is 0.319 e. The van der Waals surface area contributed by atoms with E-state index in [-0.39, 0.29) is 0 Å². The lowest BCUT2D eigenvalue weighted by Gasteiger charge is -2.40. The van der Waals surface area contributed by atoms with Crippen LogP contribution in [-0.2, 0) is 0 Å². The number of nitrogens with zero attached hydrogens (tertiary/aromatic N) is 1. The molecule has 0 bridgehead atoms. The van der Waals surface area contributed by atoms with Crippen molar-refractivity contribution in [1.82, 2.24) is 10.2 Å². The van der Waals surface area contributed by atoms with Gasteiger partial charge in [0.1, 0.15) is 0 Å². The van der Waals surface area contributed by atoms with Crippen LogP contribution in [0.5, 0.6) is 0 Å². The first-order chi connectivity index (χ1) is 6.26. The van der Waals surface area contributed by atoms with Gasteiger partial charge in [-0.1, -0.05) is 20.3 Å². The van der Waals surface area contributed by atoms with Crippen molar-refractivity contribution in [1.29, 1.82) is 0 Å². The first kappa shape index (κ1) is 11.0. The molecule has 1 saturated heterocycles. The Bertz CT molecular complexity index is 130. The number of hydrogen-bond acceptors (Lipinski definition) is 2. The molecule has 0 amide bonds. The van der Waals surface area contributed by atoms with Crippen molar-refractivity contribution in [3.63, 3.8) is 0 Å². The Labute approximate surface area is 82.7 Å². The molecule has 0 aliphatic carbocycles. The molecule has 0 aromatic carbocycles. The van der Waals surface area contributed by atoms with Crippen molar-refractivity contribution in [3.05, 3.63) is 0 Å². The average Bonchev–Trinajstić information content (AvgIpc) is 2.01. The molecule has 1 heterocycles. The smallest absolute Gasteiger partial charge is 0.00221 e. The summed E-state index contributed by atoms with van der Waals surface area (Å²) in [7, 11) is 2.03. The van der Waals surface area contributed by atoms with Crippen LogP contribution in [0, 0.1) is 11.8 Å². The zero-order valence-electron chi connectivity index (χ0n) is 9.34. The van der Waals surface area contributed by atoms with Crippen molar-refractivity contribution in [2.75, 3.05) is 33.2 Å². The third-order valence-electron chi connectivity index (χ3n) is 2.85. The maximum absolute atomic E-state index is 3.23. The first-order valence-corrected chi connectivity index (χ1v) is 5.63. The van der Waals surface area contributed by atoms with Crippen LogP contribution in [0.4, 0.5) is 0 Å². The molecular weight excluding hydrogens is 160 g/mol. The summed E-state index contributed by atoms with van der Waals surface area (Å²) in [5.41, 5.74) is 0. The number of likely N-dealkylation sites (tertiary alicyclic amines) is 1. The zero-order valence-corrected chi connectivity index (χ0v) is 9.34. The van der Waals surface area contributed by atoms with E-state index in [4.69, 9.17) is 0 Å². The predicted molar refractivity (Wildman–Crippen MR) is 57.9 cm³/mol. The second kappa shape index (κ2) is 5.61. The fourth-order valence-corrected chi connectivity index (χ4v) is 2.27. The fourth-order valence-electron chi connectivity index (χ4n) is 2.27. The lowest BCUT2D eigenvalue weighted by Crippen LogP contribution is -2.49. The third-order valence-corrected chi connectivity index (χ3v) is 2.85. The quantitative estimate of drug-likeness (QED) is 0.674. The van der Waals surface area contributed by atoms with Gasteiger partial charge in [-0.3, -0.25) is 0 Å². The van der Waals surface area contributed by atoms with E-state index in [1.807, 2.05) is 7.05 Å². The van der Waals surface area contributed by atoms with Gasteiger partial charge >= 0.3 is 0 Å². The van der Waals surface area contributed by atoms with Crippen molar-refractivity contribution in [2.45, 2.75) is 26.7 Å². The molecule has 1 atom stereocenters. The van der Waals surface area contributed by atoms with E-state index < -0.39 is 0 Å². The summed E-state index contributed by atoms with van der Waals surface area (Å²) < 4.78 is 0. The van der Waals surface area contributed by atoms with E-state index >= 15 is 0 Å². The summed E-state index contributed by atoms with van der Waals surface area (Å²) in [6, 6.07) is 0. The third kappa shape index (κ3) is 3.65. The highest BCUT2D eigenvalue weighted by molar-refractivity contribution is 4.80. The molecular formula is C11H24N2. The predicted octanol–water partition coefficient (Wildman–Crippen LogP) is 1.57. The maximum atomic E-state index is 3.23. The molecule has 78 valence electrons. The van der Waals surface area contributed by atoms with Crippen LogP contribution in [0.2, 0.25) is 0 Å². The van der Waals surface area contributed by atoms with Gasteiger partial charge in [0, 0.05) is 19.6 Å². The van der Waals surface area contributed by atoms with E-state index in [1.54, 1.807) is 0 Å². The van der Waals surface area contributed by atoms with Crippen LogP contribution in [0.25, 0.3) is 0 Å². The van der Waals surface area contributed by atoms with Gasteiger partial charge in [0.05, 0.1) is 0 Å². The van der Waals surface area contributed by atoms with Crippen LogP contribution < -0.4 is 5.32 Å². The molecule has 13 heavy (non-hydrogen) atoms. The van der Waals surface area contributed by atoms with Crippen LogP contribution in [0.15, 0.2) is 0 Å². The molecule has 1 N–H and O–H groups in total. The molecule has 1 aliphatic heterocycles. The minimum Gasteiger partial charge on any atom is -0.319 e. The van der Waals surface area contributed by atoms with Gasteiger partial charge in [-0.2, -0.15) is 0 Å². The standard InChI is InChI=1S/C11H24N2/c1-4-5-11-8-13(9-11)7-10(2)6-12-3/h10-12H,4-9H2,1-3H3. The Balaban J connectivity index is 2.00. The molecule has 1 aliphatic rings. The number of nitrogens with one attached hydrogen (secondary N) is 1. The summed E-state index contributed by atoms with van der Waals surface area (Å²) in [5, 5.41) is 3.23. The highest BCUT2D eigenvalue weighted by Crippen LogP contribution is 2.20. The van der Waals surface area contributed by atoms with Crippen molar-refractivity contribution >= 4 is 0 Å². The topological polar surface area (TPSA) is 15.3 Å².